The number of hydrogen-bond donors (Lipinski definition) is 0. The van der Waals surface area contributed by atoms with Crippen molar-refractivity contribution in [1.82, 2.24) is 0 Å². The molecule has 0 amide bonds. The van der Waals surface area contributed by atoms with E-state index in [0.29, 0.717) is 17.7 Å². The molecule has 0 saturated heterocycles. The zero-order valence-electron chi connectivity index (χ0n) is 11.0. The number of nitrogens with zero attached hydrogens (tertiary/aromatic N) is 1. The highest BCUT2D eigenvalue weighted by Crippen LogP contribution is 2.18. The Hall–Kier alpha value is -2.42. The molecule has 3 rings (SSSR count). The summed E-state index contributed by atoms with van der Waals surface area (Å²) in [5.41, 5.74) is 2.37. The van der Waals surface area contributed by atoms with Crippen LogP contribution in [0.1, 0.15) is 22.3 Å². The van der Waals surface area contributed by atoms with Crippen LogP contribution in [-0.4, -0.2) is 17.6 Å². The molecular weight excluding hydrogens is 250 g/mol. The Labute approximate surface area is 117 Å². The van der Waals surface area contributed by atoms with E-state index in [1.54, 1.807) is 12.1 Å². The van der Waals surface area contributed by atoms with Gasteiger partial charge in [-0.05, 0) is 5.56 Å². The van der Waals surface area contributed by atoms with Crippen molar-refractivity contribution in [3.05, 3.63) is 71.8 Å². The molecule has 0 aromatic heterocycles. The highest BCUT2D eigenvalue weighted by molar-refractivity contribution is 6.46. The highest BCUT2D eigenvalue weighted by atomic mass is 16.6. The van der Waals surface area contributed by atoms with Crippen LogP contribution in [0.2, 0.25) is 0 Å². The van der Waals surface area contributed by atoms with Gasteiger partial charge in [0.1, 0.15) is 11.8 Å². The summed E-state index contributed by atoms with van der Waals surface area (Å²) in [6.45, 7) is 0. The van der Waals surface area contributed by atoms with Crippen LogP contribution in [0.5, 0.6) is 0 Å². The second-order valence-corrected chi connectivity index (χ2v) is 4.85. The van der Waals surface area contributed by atoms with Gasteiger partial charge in [-0.2, -0.15) is 0 Å². The van der Waals surface area contributed by atoms with Crippen LogP contribution in [0.4, 0.5) is 0 Å². The normalized spacial score (nSPS) is 17.4. The van der Waals surface area contributed by atoms with Crippen LogP contribution in [0.15, 0.2) is 65.8 Å². The van der Waals surface area contributed by atoms with Crippen molar-refractivity contribution >= 4 is 11.5 Å². The van der Waals surface area contributed by atoms with Crippen LogP contribution in [0.3, 0.4) is 0 Å². The summed E-state index contributed by atoms with van der Waals surface area (Å²) in [5.74, 6) is -0.0406. The lowest BCUT2D eigenvalue weighted by atomic mass is 9.99. The quantitative estimate of drug-likeness (QED) is 0.796. The first-order valence-corrected chi connectivity index (χ1v) is 6.69. The fourth-order valence-corrected chi connectivity index (χ4v) is 2.31. The van der Waals surface area contributed by atoms with Crippen molar-refractivity contribution in [2.45, 2.75) is 18.9 Å². The second kappa shape index (κ2) is 5.70. The Morgan fingerprint density at radius 1 is 1.05 bits per heavy atom. The van der Waals surface area contributed by atoms with Crippen LogP contribution in [0.25, 0.3) is 0 Å². The van der Waals surface area contributed by atoms with E-state index in [-0.39, 0.29) is 11.9 Å². The van der Waals surface area contributed by atoms with Gasteiger partial charge in [0.05, 0.1) is 0 Å². The molecule has 2 aromatic rings. The van der Waals surface area contributed by atoms with Crippen molar-refractivity contribution in [1.29, 1.82) is 0 Å². The lowest BCUT2D eigenvalue weighted by Gasteiger charge is -2.07. The Kier molecular flexibility index (Phi) is 3.59. The molecule has 3 nitrogen and oxygen atoms in total. The minimum Gasteiger partial charge on any atom is -0.391 e. The van der Waals surface area contributed by atoms with E-state index in [1.165, 1.54) is 5.56 Å². The average molecular weight is 265 g/mol. The van der Waals surface area contributed by atoms with Crippen molar-refractivity contribution in [3.8, 4) is 0 Å². The fraction of sp³-hybridized carbons (Fsp3) is 0.176. The van der Waals surface area contributed by atoms with Gasteiger partial charge >= 0.3 is 0 Å². The first-order valence-electron chi connectivity index (χ1n) is 6.69. The minimum atomic E-state index is -0.0416. The van der Waals surface area contributed by atoms with Crippen molar-refractivity contribution in [2.75, 3.05) is 0 Å². The molecule has 1 unspecified atom stereocenters. The van der Waals surface area contributed by atoms with Gasteiger partial charge < -0.3 is 4.84 Å². The summed E-state index contributed by atoms with van der Waals surface area (Å²) >= 11 is 0. The summed E-state index contributed by atoms with van der Waals surface area (Å²) in [5, 5.41) is 3.96. The van der Waals surface area contributed by atoms with Gasteiger partial charge in [-0.15, -0.1) is 0 Å². The molecule has 1 aliphatic heterocycles. The number of carbonyl (C=O) groups excluding carboxylic acids is 1. The molecule has 0 radical (unpaired) electrons. The van der Waals surface area contributed by atoms with Crippen molar-refractivity contribution < 1.29 is 9.63 Å². The molecule has 0 aliphatic carbocycles. The summed E-state index contributed by atoms with van der Waals surface area (Å²) in [4.78, 5) is 17.6. The van der Waals surface area contributed by atoms with Gasteiger partial charge in [0.25, 0.3) is 0 Å². The predicted molar refractivity (Wildman–Crippen MR) is 77.8 cm³/mol. The molecule has 1 aliphatic rings. The Balaban J connectivity index is 1.63. The van der Waals surface area contributed by atoms with E-state index < -0.39 is 0 Å². The third-order valence-electron chi connectivity index (χ3n) is 3.34. The van der Waals surface area contributed by atoms with Gasteiger partial charge in [0.15, 0.2) is 0 Å². The maximum absolute atomic E-state index is 12.2. The molecule has 3 heteroatoms. The summed E-state index contributed by atoms with van der Waals surface area (Å²) in [6.07, 6.45) is 1.30. The number of Topliss-reactive ketones (excluding diaryl/α,β-unsaturated/α-hetero) is 1. The third kappa shape index (κ3) is 2.77. The first-order chi connectivity index (χ1) is 9.83. The SMILES string of the molecule is O=C(C1=NOC(Cc2ccccc2)C1)c1ccccc1. The summed E-state index contributed by atoms with van der Waals surface area (Å²) < 4.78 is 0. The van der Waals surface area contributed by atoms with E-state index in [1.807, 2.05) is 36.4 Å². The third-order valence-corrected chi connectivity index (χ3v) is 3.34. The standard InChI is InChI=1S/C17H15NO2/c19-17(14-9-5-2-6-10-14)16-12-15(20-18-16)11-13-7-3-1-4-8-13/h1-10,15H,11-12H2. The maximum atomic E-state index is 12.2. The van der Waals surface area contributed by atoms with E-state index in [9.17, 15) is 4.79 Å². The van der Waals surface area contributed by atoms with Crippen molar-refractivity contribution in [2.24, 2.45) is 5.16 Å². The van der Waals surface area contributed by atoms with Gasteiger partial charge in [-0.25, -0.2) is 0 Å². The largest absolute Gasteiger partial charge is 0.391 e. The summed E-state index contributed by atoms with van der Waals surface area (Å²) in [6, 6.07) is 19.3. The summed E-state index contributed by atoms with van der Waals surface area (Å²) in [7, 11) is 0. The van der Waals surface area contributed by atoms with E-state index in [2.05, 4.69) is 17.3 Å². The first kappa shape index (κ1) is 12.6. The Bertz CT molecular complexity index is 620. The molecule has 0 N–H and O–H groups in total. The van der Waals surface area contributed by atoms with E-state index in [4.69, 9.17) is 4.84 Å². The molecule has 0 bridgehead atoms. The van der Waals surface area contributed by atoms with E-state index in [0.717, 1.165) is 6.42 Å². The minimum absolute atomic E-state index is 0.0406. The van der Waals surface area contributed by atoms with Crippen molar-refractivity contribution in [3.63, 3.8) is 0 Å². The molecular formula is C17H15NO2. The molecule has 100 valence electrons. The lowest BCUT2D eigenvalue weighted by Crippen LogP contribution is -2.17. The van der Waals surface area contributed by atoms with E-state index >= 15 is 0 Å². The number of oxime groups is 1. The molecule has 2 aromatic carbocycles. The van der Waals surface area contributed by atoms with Crippen LogP contribution in [-0.2, 0) is 11.3 Å². The lowest BCUT2D eigenvalue weighted by molar-refractivity contribution is 0.0858. The highest BCUT2D eigenvalue weighted by Gasteiger charge is 2.26. The Morgan fingerprint density at radius 3 is 2.40 bits per heavy atom. The number of hydrogen-bond acceptors (Lipinski definition) is 3. The molecule has 0 saturated carbocycles. The molecule has 1 atom stereocenters. The molecule has 20 heavy (non-hydrogen) atoms. The smallest absolute Gasteiger partial charge is 0.210 e. The van der Waals surface area contributed by atoms with Gasteiger partial charge in [-0.1, -0.05) is 65.8 Å². The van der Waals surface area contributed by atoms with Gasteiger partial charge in [0, 0.05) is 18.4 Å². The average Bonchev–Trinajstić information content (AvgIpc) is 2.97. The Morgan fingerprint density at radius 2 is 1.70 bits per heavy atom. The fourth-order valence-electron chi connectivity index (χ4n) is 2.31. The zero-order valence-corrected chi connectivity index (χ0v) is 11.0. The maximum Gasteiger partial charge on any atom is 0.210 e. The molecule has 1 heterocycles. The molecule has 0 spiro atoms. The predicted octanol–water partition coefficient (Wildman–Crippen LogP) is 3.26. The van der Waals surface area contributed by atoms with Gasteiger partial charge in [-0.3, -0.25) is 4.79 Å². The van der Waals surface area contributed by atoms with Gasteiger partial charge in [0.2, 0.25) is 5.78 Å². The number of ketones is 1. The van der Waals surface area contributed by atoms with Crippen LogP contribution >= 0.6 is 0 Å². The molecule has 0 fully saturated rings. The number of benzene rings is 2. The zero-order chi connectivity index (χ0) is 13.8. The second-order valence-electron chi connectivity index (χ2n) is 4.85. The number of carbonyl (C=O) groups is 1. The topological polar surface area (TPSA) is 38.7 Å². The van der Waals surface area contributed by atoms with Crippen LogP contribution < -0.4 is 0 Å². The monoisotopic (exact) mass is 265 g/mol. The van der Waals surface area contributed by atoms with Crippen LogP contribution in [0, 0.1) is 0 Å². The number of rotatable bonds is 4.